The maximum atomic E-state index is 13.2. The van der Waals surface area contributed by atoms with Gasteiger partial charge in [0.15, 0.2) is 0 Å². The zero-order valence-corrected chi connectivity index (χ0v) is 18.8. The normalized spacial score (nSPS) is 12.6. The van der Waals surface area contributed by atoms with Crippen LogP contribution in [0.5, 0.6) is 17.2 Å². The lowest BCUT2D eigenvalue weighted by Gasteiger charge is -2.29. The first-order valence-corrected chi connectivity index (χ1v) is 10.8. The van der Waals surface area contributed by atoms with Crippen LogP contribution in [-0.4, -0.2) is 39.4 Å². The Morgan fingerprint density at radius 2 is 1.65 bits per heavy atom. The number of hydrogen-bond acceptors (Lipinski definition) is 5. The maximum Gasteiger partial charge on any atom is 0.394 e. The molecule has 2 amide bonds. The molecular formula is C26H24N2O6. The molecule has 4 rings (SSSR count). The van der Waals surface area contributed by atoms with Gasteiger partial charge in [0.2, 0.25) is 0 Å². The van der Waals surface area contributed by atoms with Crippen molar-refractivity contribution in [2.75, 3.05) is 11.9 Å². The number of amides is 2. The number of phenolic OH excluding ortho intramolecular Hbond substituents is 1. The lowest BCUT2D eigenvalue weighted by molar-refractivity contribution is -0.147. The molecule has 0 saturated heterocycles. The molecule has 0 atom stereocenters. The van der Waals surface area contributed by atoms with E-state index in [1.807, 2.05) is 18.2 Å². The highest BCUT2D eigenvalue weighted by Crippen LogP contribution is 2.34. The van der Waals surface area contributed by atoms with Gasteiger partial charge < -0.3 is 25.2 Å². The third kappa shape index (κ3) is 4.71. The van der Waals surface area contributed by atoms with Crippen LogP contribution in [0, 0.1) is 13.8 Å². The zero-order valence-electron chi connectivity index (χ0n) is 18.8. The Hall–Kier alpha value is -4.33. The minimum absolute atomic E-state index is 0.128. The average Bonchev–Trinajstić information content (AvgIpc) is 2.81. The molecule has 1 aliphatic heterocycles. The van der Waals surface area contributed by atoms with Crippen LogP contribution in [0.15, 0.2) is 54.6 Å². The monoisotopic (exact) mass is 460 g/mol. The summed E-state index contributed by atoms with van der Waals surface area (Å²) in [7, 11) is 0. The minimum Gasteiger partial charge on any atom is -0.507 e. The number of aromatic hydroxyl groups is 1. The lowest BCUT2D eigenvalue weighted by Crippen LogP contribution is -2.35. The summed E-state index contributed by atoms with van der Waals surface area (Å²) < 4.78 is 6.03. The van der Waals surface area contributed by atoms with Crippen LogP contribution in [0.2, 0.25) is 0 Å². The van der Waals surface area contributed by atoms with Crippen LogP contribution in [0.25, 0.3) is 0 Å². The quantitative estimate of drug-likeness (QED) is 0.507. The summed E-state index contributed by atoms with van der Waals surface area (Å²) in [6.07, 6.45) is 0.752. The number of nitrogens with one attached hydrogen (secondary N) is 1. The highest BCUT2D eigenvalue weighted by molar-refractivity contribution is 6.36. The number of hydrogen-bond donors (Lipinski definition) is 3. The van der Waals surface area contributed by atoms with Crippen LogP contribution in [-0.2, 0) is 22.6 Å². The molecule has 8 heteroatoms. The van der Waals surface area contributed by atoms with Gasteiger partial charge in [-0.25, -0.2) is 4.79 Å². The summed E-state index contributed by atoms with van der Waals surface area (Å²) in [5, 5.41) is 21.5. The molecule has 1 aliphatic rings. The van der Waals surface area contributed by atoms with Crippen molar-refractivity contribution in [1.29, 1.82) is 0 Å². The molecule has 0 radical (unpaired) electrons. The molecule has 0 spiro atoms. The molecule has 0 fully saturated rings. The third-order valence-corrected chi connectivity index (χ3v) is 5.75. The van der Waals surface area contributed by atoms with Crippen molar-refractivity contribution in [3.8, 4) is 17.2 Å². The number of rotatable bonds is 4. The fourth-order valence-electron chi connectivity index (χ4n) is 4.08. The number of fused-ring (bicyclic) bond motifs is 1. The molecule has 8 nitrogen and oxygen atoms in total. The standard InChI is InChI=1S/C26H24N2O6/c1-15-11-19(27-24(30)26(32)33)12-16(2)23(15)34-20-7-8-22(29)21(13-20)25(31)28-10-9-17-5-3-4-6-18(17)14-28/h3-8,11-13,29H,9-10,14H2,1-2H3,(H,27,30)(H,32,33). The van der Waals surface area contributed by atoms with Crippen molar-refractivity contribution in [3.63, 3.8) is 0 Å². The largest absolute Gasteiger partial charge is 0.507 e. The number of carboxylic acid groups (broad SMARTS) is 1. The maximum absolute atomic E-state index is 13.2. The van der Waals surface area contributed by atoms with E-state index in [9.17, 15) is 19.5 Å². The van der Waals surface area contributed by atoms with Crippen LogP contribution >= 0.6 is 0 Å². The van der Waals surface area contributed by atoms with Gasteiger partial charge in [-0.05, 0) is 72.9 Å². The Bertz CT molecular complexity index is 1280. The number of phenols is 1. The number of carbonyl (C=O) groups is 3. The topological polar surface area (TPSA) is 116 Å². The van der Waals surface area contributed by atoms with E-state index in [1.54, 1.807) is 36.9 Å². The first kappa shape index (κ1) is 22.8. The van der Waals surface area contributed by atoms with E-state index in [0.29, 0.717) is 41.4 Å². The SMILES string of the molecule is Cc1cc(NC(=O)C(=O)O)cc(C)c1Oc1ccc(O)c(C(=O)N2CCc3ccccc3C2)c1. The smallest absolute Gasteiger partial charge is 0.394 e. The van der Waals surface area contributed by atoms with Crippen LogP contribution in [0.1, 0.15) is 32.6 Å². The molecule has 3 aromatic carbocycles. The number of carboxylic acids is 1. The number of benzene rings is 3. The predicted molar refractivity (Wildman–Crippen MR) is 125 cm³/mol. The molecule has 0 bridgehead atoms. The van der Waals surface area contributed by atoms with Crippen molar-refractivity contribution in [2.45, 2.75) is 26.8 Å². The molecule has 1 heterocycles. The van der Waals surface area contributed by atoms with Crippen molar-refractivity contribution < 1.29 is 29.3 Å². The van der Waals surface area contributed by atoms with E-state index in [2.05, 4.69) is 11.4 Å². The van der Waals surface area contributed by atoms with Gasteiger partial charge >= 0.3 is 11.9 Å². The Balaban J connectivity index is 1.55. The molecule has 3 aromatic rings. The van der Waals surface area contributed by atoms with E-state index >= 15 is 0 Å². The summed E-state index contributed by atoms with van der Waals surface area (Å²) in [6.45, 7) is 4.55. The molecule has 34 heavy (non-hydrogen) atoms. The van der Waals surface area contributed by atoms with Crippen molar-refractivity contribution >= 4 is 23.5 Å². The summed E-state index contributed by atoms with van der Waals surface area (Å²) in [6, 6.07) is 15.7. The fourth-order valence-corrected chi connectivity index (χ4v) is 4.08. The minimum atomic E-state index is -1.57. The highest BCUT2D eigenvalue weighted by atomic mass is 16.5. The van der Waals surface area contributed by atoms with E-state index in [1.165, 1.54) is 17.7 Å². The Labute approximate surface area is 196 Å². The number of aryl methyl sites for hydroxylation is 2. The summed E-state index contributed by atoms with van der Waals surface area (Å²) >= 11 is 0. The lowest BCUT2D eigenvalue weighted by atomic mass is 9.99. The van der Waals surface area contributed by atoms with Gasteiger partial charge in [-0.1, -0.05) is 24.3 Å². The van der Waals surface area contributed by atoms with E-state index in [-0.39, 0.29) is 17.2 Å². The van der Waals surface area contributed by atoms with E-state index in [0.717, 1.165) is 12.0 Å². The van der Waals surface area contributed by atoms with E-state index < -0.39 is 11.9 Å². The second-order valence-corrected chi connectivity index (χ2v) is 8.22. The van der Waals surface area contributed by atoms with E-state index in [4.69, 9.17) is 9.84 Å². The summed E-state index contributed by atoms with van der Waals surface area (Å²) in [4.78, 5) is 37.1. The summed E-state index contributed by atoms with van der Waals surface area (Å²) in [5.41, 5.74) is 4.12. The molecule has 0 aliphatic carbocycles. The predicted octanol–water partition coefficient (Wildman–Crippen LogP) is 4.02. The second-order valence-electron chi connectivity index (χ2n) is 8.22. The Morgan fingerprint density at radius 1 is 0.971 bits per heavy atom. The molecule has 0 aromatic heterocycles. The number of ether oxygens (including phenoxy) is 1. The highest BCUT2D eigenvalue weighted by Gasteiger charge is 2.24. The van der Waals surface area contributed by atoms with Gasteiger partial charge in [0, 0.05) is 18.8 Å². The first-order valence-electron chi connectivity index (χ1n) is 10.8. The van der Waals surface area contributed by atoms with Gasteiger partial charge in [0.05, 0.1) is 5.56 Å². The number of carbonyl (C=O) groups excluding carboxylic acids is 2. The van der Waals surface area contributed by atoms with Crippen molar-refractivity contribution in [1.82, 2.24) is 4.90 Å². The summed E-state index contributed by atoms with van der Waals surface area (Å²) in [5.74, 6) is -2.24. The van der Waals surface area contributed by atoms with Crippen LogP contribution in [0.4, 0.5) is 5.69 Å². The van der Waals surface area contributed by atoms with Crippen LogP contribution < -0.4 is 10.1 Å². The number of aliphatic carboxylic acids is 1. The van der Waals surface area contributed by atoms with Gasteiger partial charge in [-0.15, -0.1) is 0 Å². The first-order chi connectivity index (χ1) is 16.2. The molecular weight excluding hydrogens is 436 g/mol. The number of anilines is 1. The molecule has 3 N–H and O–H groups in total. The Morgan fingerprint density at radius 3 is 2.32 bits per heavy atom. The van der Waals surface area contributed by atoms with Gasteiger partial charge in [-0.2, -0.15) is 0 Å². The number of nitrogens with zero attached hydrogens (tertiary/aromatic N) is 1. The third-order valence-electron chi connectivity index (χ3n) is 5.75. The van der Waals surface area contributed by atoms with Crippen molar-refractivity contribution in [2.24, 2.45) is 0 Å². The molecule has 0 unspecified atom stereocenters. The van der Waals surface area contributed by atoms with Gasteiger partial charge in [0.1, 0.15) is 17.2 Å². The van der Waals surface area contributed by atoms with Gasteiger partial charge in [0.25, 0.3) is 5.91 Å². The zero-order chi connectivity index (χ0) is 24.4. The average molecular weight is 460 g/mol. The van der Waals surface area contributed by atoms with Crippen molar-refractivity contribution in [3.05, 3.63) is 82.4 Å². The van der Waals surface area contributed by atoms with Crippen LogP contribution in [0.3, 0.4) is 0 Å². The molecule has 0 saturated carbocycles. The fraction of sp³-hybridized carbons (Fsp3) is 0.192. The molecule has 174 valence electrons. The Kier molecular flexibility index (Phi) is 6.23. The second kappa shape index (κ2) is 9.27. The van der Waals surface area contributed by atoms with Gasteiger partial charge in [-0.3, -0.25) is 9.59 Å².